The molecule has 0 aliphatic carbocycles. The second-order valence-corrected chi connectivity index (χ2v) is 2.96. The summed E-state index contributed by atoms with van der Waals surface area (Å²) < 4.78 is 0. The van der Waals surface area contributed by atoms with E-state index < -0.39 is 5.60 Å². The highest BCUT2D eigenvalue weighted by atomic mass is 16.3. The van der Waals surface area contributed by atoms with Crippen molar-refractivity contribution in [1.82, 2.24) is 0 Å². The first-order valence-electron chi connectivity index (χ1n) is 4.05. The van der Waals surface area contributed by atoms with Crippen molar-refractivity contribution in [3.63, 3.8) is 0 Å². The Bertz CT molecular complexity index is 164. The molecule has 1 N–H and O–H groups in total. The summed E-state index contributed by atoms with van der Waals surface area (Å²) in [5.41, 5.74) is -0.468. The van der Waals surface area contributed by atoms with Crippen LogP contribution in [0.1, 0.15) is 40.0 Å². The lowest BCUT2D eigenvalue weighted by molar-refractivity contribution is 0.0866. The minimum absolute atomic E-state index is 0.472. The van der Waals surface area contributed by atoms with Crippen molar-refractivity contribution in [3.05, 3.63) is 5.57 Å². The summed E-state index contributed by atoms with van der Waals surface area (Å²) in [4.78, 5) is 10.3. The predicted octanol–water partition coefficient (Wildman–Crippen LogP) is 1.71. The highest BCUT2D eigenvalue weighted by molar-refractivity contribution is 5.55. The van der Waals surface area contributed by atoms with Gasteiger partial charge in [0, 0.05) is 5.57 Å². The van der Waals surface area contributed by atoms with Crippen LogP contribution in [0, 0.1) is 0 Å². The number of aliphatic hydroxyl groups is 1. The standard InChI is InChI=1S/C9H16O2/c1-4-6-9(3,11)8(5-2)7-10/h11H,4-6H2,1-3H3. The first-order chi connectivity index (χ1) is 5.08. The van der Waals surface area contributed by atoms with Crippen LogP contribution in [0.15, 0.2) is 5.57 Å². The van der Waals surface area contributed by atoms with Gasteiger partial charge in [-0.2, -0.15) is 0 Å². The van der Waals surface area contributed by atoms with Crippen LogP contribution in [-0.2, 0) is 4.79 Å². The van der Waals surface area contributed by atoms with Gasteiger partial charge in [0.25, 0.3) is 0 Å². The molecule has 0 aromatic rings. The Morgan fingerprint density at radius 3 is 2.36 bits per heavy atom. The second-order valence-electron chi connectivity index (χ2n) is 2.96. The third-order valence-corrected chi connectivity index (χ3v) is 1.86. The van der Waals surface area contributed by atoms with Crippen molar-refractivity contribution in [2.75, 3.05) is 0 Å². The van der Waals surface area contributed by atoms with Crippen molar-refractivity contribution in [3.8, 4) is 0 Å². The van der Waals surface area contributed by atoms with Crippen molar-refractivity contribution in [1.29, 1.82) is 0 Å². The fourth-order valence-electron chi connectivity index (χ4n) is 1.20. The fourth-order valence-corrected chi connectivity index (χ4v) is 1.20. The first kappa shape index (κ1) is 10.4. The largest absolute Gasteiger partial charge is 0.385 e. The number of hydrogen-bond donors (Lipinski definition) is 1. The zero-order valence-electron chi connectivity index (χ0n) is 7.48. The van der Waals surface area contributed by atoms with E-state index in [2.05, 4.69) is 0 Å². The molecule has 0 amide bonds. The maximum absolute atomic E-state index is 10.3. The summed E-state index contributed by atoms with van der Waals surface area (Å²) in [6.07, 6.45) is 2.08. The van der Waals surface area contributed by atoms with Crippen LogP contribution in [0.4, 0.5) is 0 Å². The van der Waals surface area contributed by atoms with Crippen molar-refractivity contribution >= 4 is 5.94 Å². The van der Waals surface area contributed by atoms with Gasteiger partial charge in [0.1, 0.15) is 5.94 Å². The zero-order valence-corrected chi connectivity index (χ0v) is 7.48. The molecule has 0 saturated carbocycles. The molecule has 0 heterocycles. The molecule has 2 heteroatoms. The molecule has 64 valence electrons. The van der Waals surface area contributed by atoms with Crippen LogP contribution in [0.2, 0.25) is 0 Å². The van der Waals surface area contributed by atoms with Gasteiger partial charge in [-0.1, -0.05) is 20.3 Å². The molecule has 2 nitrogen and oxygen atoms in total. The Morgan fingerprint density at radius 2 is 2.09 bits per heavy atom. The number of hydrogen-bond acceptors (Lipinski definition) is 2. The van der Waals surface area contributed by atoms with Gasteiger partial charge >= 0.3 is 0 Å². The van der Waals surface area contributed by atoms with E-state index >= 15 is 0 Å². The molecule has 1 atom stereocenters. The highest BCUT2D eigenvalue weighted by Crippen LogP contribution is 2.21. The van der Waals surface area contributed by atoms with Gasteiger partial charge in [-0.3, -0.25) is 0 Å². The molecule has 0 aliphatic rings. The van der Waals surface area contributed by atoms with Crippen LogP contribution >= 0.6 is 0 Å². The molecule has 0 saturated heterocycles. The fraction of sp³-hybridized carbons (Fsp3) is 0.778. The second kappa shape index (κ2) is 4.32. The molecular formula is C9H16O2. The molecular weight excluding hydrogens is 140 g/mol. The van der Waals surface area contributed by atoms with E-state index in [1.54, 1.807) is 12.9 Å². The summed E-state index contributed by atoms with van der Waals surface area (Å²) in [6.45, 7) is 5.50. The number of rotatable bonds is 4. The van der Waals surface area contributed by atoms with E-state index in [0.29, 0.717) is 18.4 Å². The molecule has 1 unspecified atom stereocenters. The lowest BCUT2D eigenvalue weighted by Gasteiger charge is -2.22. The zero-order chi connectivity index (χ0) is 8.91. The monoisotopic (exact) mass is 156 g/mol. The average Bonchev–Trinajstić information content (AvgIpc) is 1.89. The SMILES string of the molecule is CCCC(C)(O)C(=C=O)CC. The van der Waals surface area contributed by atoms with Gasteiger partial charge in [0.15, 0.2) is 0 Å². The maximum atomic E-state index is 10.3. The summed E-state index contributed by atoms with van der Waals surface area (Å²) in [6, 6.07) is 0. The molecule has 0 fully saturated rings. The highest BCUT2D eigenvalue weighted by Gasteiger charge is 2.24. The van der Waals surface area contributed by atoms with Gasteiger partial charge < -0.3 is 5.11 Å². The Morgan fingerprint density at radius 1 is 1.55 bits per heavy atom. The van der Waals surface area contributed by atoms with Crippen molar-refractivity contribution in [2.45, 2.75) is 45.6 Å². The molecule has 11 heavy (non-hydrogen) atoms. The average molecular weight is 156 g/mol. The van der Waals surface area contributed by atoms with E-state index in [4.69, 9.17) is 0 Å². The minimum Gasteiger partial charge on any atom is -0.385 e. The van der Waals surface area contributed by atoms with Crippen LogP contribution in [0.3, 0.4) is 0 Å². The molecule has 0 radical (unpaired) electrons. The summed E-state index contributed by atoms with van der Waals surface area (Å²) in [5.74, 6) is 1.79. The van der Waals surface area contributed by atoms with Crippen molar-refractivity contribution in [2.24, 2.45) is 0 Å². The third kappa shape index (κ3) is 2.87. The van der Waals surface area contributed by atoms with E-state index in [-0.39, 0.29) is 0 Å². The van der Waals surface area contributed by atoms with E-state index in [9.17, 15) is 9.90 Å². The van der Waals surface area contributed by atoms with Crippen LogP contribution < -0.4 is 0 Å². The van der Waals surface area contributed by atoms with Crippen LogP contribution in [0.5, 0.6) is 0 Å². The molecule has 0 spiro atoms. The summed E-state index contributed by atoms with van der Waals surface area (Å²) in [7, 11) is 0. The first-order valence-corrected chi connectivity index (χ1v) is 4.05. The normalized spacial score (nSPS) is 15.3. The lowest BCUT2D eigenvalue weighted by atomic mass is 9.90. The molecule has 0 aromatic carbocycles. The Labute approximate surface area is 67.9 Å². The molecule has 0 aromatic heterocycles. The van der Waals surface area contributed by atoms with Gasteiger partial charge in [0.05, 0.1) is 5.60 Å². The van der Waals surface area contributed by atoms with Gasteiger partial charge in [-0.05, 0) is 19.8 Å². The molecule has 0 aliphatic heterocycles. The Kier molecular flexibility index (Phi) is 4.09. The van der Waals surface area contributed by atoms with Crippen LogP contribution in [-0.4, -0.2) is 16.6 Å². The van der Waals surface area contributed by atoms with Gasteiger partial charge in [-0.25, -0.2) is 4.79 Å². The molecule has 0 bridgehead atoms. The Hall–Kier alpha value is -0.590. The number of carbonyl (C=O) groups excluding carboxylic acids is 1. The van der Waals surface area contributed by atoms with E-state index in [0.717, 1.165) is 6.42 Å². The predicted molar refractivity (Wildman–Crippen MR) is 45.0 cm³/mol. The Balaban J connectivity index is 4.38. The summed E-state index contributed by atoms with van der Waals surface area (Å²) >= 11 is 0. The lowest BCUT2D eigenvalue weighted by Crippen LogP contribution is -2.26. The summed E-state index contributed by atoms with van der Waals surface area (Å²) in [5, 5.41) is 9.67. The minimum atomic E-state index is -0.939. The van der Waals surface area contributed by atoms with E-state index in [1.165, 1.54) is 0 Å². The van der Waals surface area contributed by atoms with Gasteiger partial charge in [-0.15, -0.1) is 0 Å². The third-order valence-electron chi connectivity index (χ3n) is 1.86. The van der Waals surface area contributed by atoms with Crippen LogP contribution in [0.25, 0.3) is 0 Å². The quantitative estimate of drug-likeness (QED) is 0.629. The maximum Gasteiger partial charge on any atom is 0.126 e. The molecule has 0 rings (SSSR count). The van der Waals surface area contributed by atoms with Gasteiger partial charge in [0.2, 0.25) is 0 Å². The topological polar surface area (TPSA) is 37.3 Å². The van der Waals surface area contributed by atoms with Crippen molar-refractivity contribution < 1.29 is 9.90 Å². The smallest absolute Gasteiger partial charge is 0.126 e. The van der Waals surface area contributed by atoms with E-state index in [1.807, 2.05) is 13.8 Å².